The Morgan fingerprint density at radius 2 is 2.29 bits per heavy atom. The summed E-state index contributed by atoms with van der Waals surface area (Å²) in [5, 5.41) is 9.62. The Kier molecular flexibility index (Phi) is 4.51. The Labute approximate surface area is 90.8 Å². The number of ether oxygens (including phenoxy) is 1. The Morgan fingerprint density at radius 3 is 2.93 bits per heavy atom. The highest BCUT2D eigenvalue weighted by Crippen LogP contribution is 2.23. The second-order valence-electron chi connectivity index (χ2n) is 2.96. The Bertz CT molecular complexity index is 304. The number of methoxy groups -OCH3 is 1. The van der Waals surface area contributed by atoms with Crippen molar-refractivity contribution in [3.63, 3.8) is 0 Å². The van der Waals surface area contributed by atoms with Crippen molar-refractivity contribution in [1.29, 1.82) is 0 Å². The molecule has 1 unspecified atom stereocenters. The fourth-order valence-corrected chi connectivity index (χ4v) is 1.53. The molecular weight excluding hydrogens is 251 g/mol. The molecule has 0 fully saturated rings. The topological polar surface area (TPSA) is 29.5 Å². The maximum atomic E-state index is 13.2. The monoisotopic (exact) mass is 262 g/mol. The summed E-state index contributed by atoms with van der Waals surface area (Å²) in [5.74, 6) is -0.392. The van der Waals surface area contributed by atoms with Crippen LogP contribution in [0.1, 0.15) is 18.1 Å². The number of halogens is 2. The lowest BCUT2D eigenvalue weighted by Gasteiger charge is -2.11. The maximum Gasteiger partial charge on any atom is 0.129 e. The molecule has 1 rings (SSSR count). The molecule has 0 radical (unpaired) electrons. The van der Waals surface area contributed by atoms with Crippen LogP contribution in [0.5, 0.6) is 0 Å². The van der Waals surface area contributed by atoms with E-state index in [4.69, 9.17) is 4.74 Å². The predicted octanol–water partition coefficient (Wildman–Crippen LogP) is 2.66. The molecule has 0 spiro atoms. The highest BCUT2D eigenvalue weighted by atomic mass is 79.9. The molecule has 78 valence electrons. The molecule has 0 saturated heterocycles. The molecule has 0 saturated carbocycles. The standard InChI is InChI=1S/C10H12BrFO2/c1-14-5-4-10(13)8-6-7(11)2-3-9(8)12/h2-3,6,10,13H,4-5H2,1H3. The van der Waals surface area contributed by atoms with E-state index in [1.807, 2.05) is 0 Å². The number of hydrogen-bond donors (Lipinski definition) is 1. The van der Waals surface area contributed by atoms with Gasteiger partial charge in [0, 0.05) is 30.2 Å². The van der Waals surface area contributed by atoms with Crippen molar-refractivity contribution in [2.24, 2.45) is 0 Å². The van der Waals surface area contributed by atoms with Gasteiger partial charge in [0.1, 0.15) is 5.82 Å². The van der Waals surface area contributed by atoms with Gasteiger partial charge in [0.2, 0.25) is 0 Å². The molecule has 0 aliphatic rings. The fraction of sp³-hybridized carbons (Fsp3) is 0.400. The molecule has 4 heteroatoms. The second kappa shape index (κ2) is 5.44. The van der Waals surface area contributed by atoms with Gasteiger partial charge in [0.15, 0.2) is 0 Å². The molecule has 1 N–H and O–H groups in total. The van der Waals surface area contributed by atoms with Gasteiger partial charge in [0.05, 0.1) is 6.10 Å². The molecule has 0 aliphatic carbocycles. The van der Waals surface area contributed by atoms with Crippen LogP contribution in [-0.2, 0) is 4.74 Å². The van der Waals surface area contributed by atoms with E-state index in [0.29, 0.717) is 18.6 Å². The van der Waals surface area contributed by atoms with Crippen LogP contribution >= 0.6 is 15.9 Å². The van der Waals surface area contributed by atoms with Gasteiger partial charge in [0.25, 0.3) is 0 Å². The van der Waals surface area contributed by atoms with Crippen LogP contribution in [0.25, 0.3) is 0 Å². The summed E-state index contributed by atoms with van der Waals surface area (Å²) in [6.45, 7) is 0.410. The minimum absolute atomic E-state index is 0.302. The van der Waals surface area contributed by atoms with Crippen LogP contribution in [0.3, 0.4) is 0 Å². The van der Waals surface area contributed by atoms with Crippen molar-refractivity contribution >= 4 is 15.9 Å². The quantitative estimate of drug-likeness (QED) is 0.904. The normalized spacial score (nSPS) is 12.9. The van der Waals surface area contributed by atoms with E-state index >= 15 is 0 Å². The van der Waals surface area contributed by atoms with E-state index in [-0.39, 0.29) is 0 Å². The van der Waals surface area contributed by atoms with Gasteiger partial charge in [-0.3, -0.25) is 0 Å². The van der Waals surface area contributed by atoms with Gasteiger partial charge in [-0.1, -0.05) is 15.9 Å². The Morgan fingerprint density at radius 1 is 1.57 bits per heavy atom. The van der Waals surface area contributed by atoms with Gasteiger partial charge in [-0.15, -0.1) is 0 Å². The zero-order valence-corrected chi connectivity index (χ0v) is 9.42. The van der Waals surface area contributed by atoms with Gasteiger partial charge >= 0.3 is 0 Å². The van der Waals surface area contributed by atoms with E-state index in [9.17, 15) is 9.50 Å². The number of aliphatic hydroxyl groups is 1. The first-order valence-corrected chi connectivity index (χ1v) is 5.06. The van der Waals surface area contributed by atoms with Crippen LogP contribution in [-0.4, -0.2) is 18.8 Å². The van der Waals surface area contributed by atoms with E-state index < -0.39 is 11.9 Å². The van der Waals surface area contributed by atoms with Crippen molar-refractivity contribution in [2.75, 3.05) is 13.7 Å². The van der Waals surface area contributed by atoms with Crippen molar-refractivity contribution in [3.05, 3.63) is 34.1 Å². The van der Waals surface area contributed by atoms with Crippen molar-refractivity contribution in [3.8, 4) is 0 Å². The van der Waals surface area contributed by atoms with E-state index in [1.165, 1.54) is 6.07 Å². The highest BCUT2D eigenvalue weighted by molar-refractivity contribution is 9.10. The summed E-state index contributed by atoms with van der Waals surface area (Å²) in [5.41, 5.74) is 0.302. The summed E-state index contributed by atoms with van der Waals surface area (Å²) < 4.78 is 18.8. The third-order valence-electron chi connectivity index (χ3n) is 1.91. The van der Waals surface area contributed by atoms with Crippen LogP contribution in [0.2, 0.25) is 0 Å². The molecule has 1 aromatic rings. The molecular formula is C10H12BrFO2. The second-order valence-corrected chi connectivity index (χ2v) is 3.88. The molecule has 0 aromatic heterocycles. The predicted molar refractivity (Wildman–Crippen MR) is 55.6 cm³/mol. The molecule has 0 heterocycles. The highest BCUT2D eigenvalue weighted by Gasteiger charge is 2.12. The average molecular weight is 263 g/mol. The third-order valence-corrected chi connectivity index (χ3v) is 2.41. The lowest BCUT2D eigenvalue weighted by atomic mass is 10.1. The van der Waals surface area contributed by atoms with Crippen LogP contribution in [0.15, 0.2) is 22.7 Å². The van der Waals surface area contributed by atoms with Gasteiger partial charge in [-0.05, 0) is 18.2 Å². The molecule has 1 atom stereocenters. The lowest BCUT2D eigenvalue weighted by Crippen LogP contribution is -2.04. The lowest BCUT2D eigenvalue weighted by molar-refractivity contribution is 0.108. The molecule has 14 heavy (non-hydrogen) atoms. The minimum atomic E-state index is -0.813. The molecule has 0 aliphatic heterocycles. The van der Waals surface area contributed by atoms with E-state index in [2.05, 4.69) is 15.9 Å². The molecule has 2 nitrogen and oxygen atoms in total. The Balaban J connectivity index is 2.77. The first-order chi connectivity index (χ1) is 6.65. The van der Waals surface area contributed by atoms with Crippen molar-refractivity contribution in [1.82, 2.24) is 0 Å². The molecule has 0 bridgehead atoms. The summed E-state index contributed by atoms with van der Waals surface area (Å²) >= 11 is 3.22. The van der Waals surface area contributed by atoms with Crippen LogP contribution in [0.4, 0.5) is 4.39 Å². The summed E-state index contributed by atoms with van der Waals surface area (Å²) in [6, 6.07) is 4.51. The van der Waals surface area contributed by atoms with Gasteiger partial charge in [-0.2, -0.15) is 0 Å². The third kappa shape index (κ3) is 3.04. The summed E-state index contributed by atoms with van der Waals surface area (Å²) in [4.78, 5) is 0. The first kappa shape index (κ1) is 11.6. The maximum absolute atomic E-state index is 13.2. The van der Waals surface area contributed by atoms with Crippen LogP contribution in [0, 0.1) is 5.82 Å². The number of benzene rings is 1. The average Bonchev–Trinajstić information content (AvgIpc) is 2.18. The first-order valence-electron chi connectivity index (χ1n) is 4.27. The van der Waals surface area contributed by atoms with Gasteiger partial charge in [-0.25, -0.2) is 4.39 Å². The SMILES string of the molecule is COCCC(O)c1cc(Br)ccc1F. The van der Waals surface area contributed by atoms with E-state index in [0.717, 1.165) is 4.47 Å². The Hall–Kier alpha value is -0.450. The fourth-order valence-electron chi connectivity index (χ4n) is 1.15. The van der Waals surface area contributed by atoms with E-state index in [1.54, 1.807) is 19.2 Å². The number of rotatable bonds is 4. The molecule has 1 aromatic carbocycles. The van der Waals surface area contributed by atoms with Crippen molar-refractivity contribution in [2.45, 2.75) is 12.5 Å². The smallest absolute Gasteiger partial charge is 0.129 e. The van der Waals surface area contributed by atoms with Crippen LogP contribution < -0.4 is 0 Å². The number of aliphatic hydroxyl groups excluding tert-OH is 1. The number of hydrogen-bond acceptors (Lipinski definition) is 2. The van der Waals surface area contributed by atoms with Gasteiger partial charge < -0.3 is 9.84 Å². The zero-order valence-electron chi connectivity index (χ0n) is 7.84. The summed E-state index contributed by atoms with van der Waals surface area (Å²) in [7, 11) is 1.55. The largest absolute Gasteiger partial charge is 0.388 e. The summed E-state index contributed by atoms with van der Waals surface area (Å²) in [6.07, 6.45) is -0.420. The zero-order chi connectivity index (χ0) is 10.6. The minimum Gasteiger partial charge on any atom is -0.388 e. The van der Waals surface area contributed by atoms with Crippen molar-refractivity contribution < 1.29 is 14.2 Å². The molecule has 0 amide bonds.